The van der Waals surface area contributed by atoms with Crippen LogP contribution < -0.4 is 0 Å². The molecular weight excluding hydrogens is 172 g/mol. The second kappa shape index (κ2) is 4.14. The van der Waals surface area contributed by atoms with E-state index in [1.807, 2.05) is 0 Å². The van der Waals surface area contributed by atoms with E-state index in [9.17, 15) is 0 Å². The summed E-state index contributed by atoms with van der Waals surface area (Å²) in [6.45, 7) is 2.56. The van der Waals surface area contributed by atoms with E-state index in [1.165, 1.54) is 30.4 Å². The van der Waals surface area contributed by atoms with Crippen LogP contribution in [0, 0.1) is 18.8 Å². The van der Waals surface area contributed by atoms with Gasteiger partial charge in [0.1, 0.15) is 0 Å². The summed E-state index contributed by atoms with van der Waals surface area (Å²) in [7, 11) is 0. The van der Waals surface area contributed by atoms with Crippen LogP contribution in [0.15, 0.2) is 24.3 Å². The predicted octanol–water partition coefficient (Wildman–Crippen LogP) is 2.56. The smallest absolute Gasteiger partial charge is 0.0459 e. The zero-order valence-corrected chi connectivity index (χ0v) is 8.74. The van der Waals surface area contributed by atoms with E-state index < -0.39 is 0 Å². The largest absolute Gasteiger partial charge is 0.396 e. The number of aliphatic hydroxyl groups excluding tert-OH is 1. The minimum atomic E-state index is 0.379. The van der Waals surface area contributed by atoms with Crippen molar-refractivity contribution in [2.45, 2.75) is 26.2 Å². The van der Waals surface area contributed by atoms with Crippen LogP contribution in [0.25, 0.3) is 0 Å². The van der Waals surface area contributed by atoms with Gasteiger partial charge in [0.25, 0.3) is 0 Å². The maximum Gasteiger partial charge on any atom is 0.0459 e. The molecule has 0 radical (unpaired) electrons. The third kappa shape index (κ3) is 1.98. The van der Waals surface area contributed by atoms with Gasteiger partial charge >= 0.3 is 0 Å². The molecule has 1 N–H and O–H groups in total. The molecule has 1 nitrogen and oxygen atoms in total. The fraction of sp³-hybridized carbons (Fsp3) is 0.538. The molecule has 0 amide bonds. The molecule has 0 saturated heterocycles. The average molecular weight is 190 g/mol. The molecule has 0 bridgehead atoms. The van der Waals surface area contributed by atoms with E-state index >= 15 is 0 Å². The van der Waals surface area contributed by atoms with Gasteiger partial charge < -0.3 is 5.11 Å². The first-order chi connectivity index (χ1) is 6.79. The molecule has 0 atom stereocenters. The zero-order chi connectivity index (χ0) is 9.97. The van der Waals surface area contributed by atoms with Crippen LogP contribution in [0.4, 0.5) is 0 Å². The van der Waals surface area contributed by atoms with Crippen LogP contribution in [0.2, 0.25) is 0 Å². The minimum Gasteiger partial charge on any atom is -0.396 e. The summed E-state index contributed by atoms with van der Waals surface area (Å²) >= 11 is 0. The lowest BCUT2D eigenvalue weighted by atomic mass is 9.72. The lowest BCUT2D eigenvalue weighted by Crippen LogP contribution is -2.28. The number of aliphatic hydroxyl groups is 1. The normalized spacial score (nSPS) is 25.9. The van der Waals surface area contributed by atoms with Gasteiger partial charge in [-0.1, -0.05) is 24.3 Å². The summed E-state index contributed by atoms with van der Waals surface area (Å²) in [5, 5.41) is 8.92. The molecule has 1 saturated carbocycles. The second-order valence-corrected chi connectivity index (χ2v) is 4.52. The molecule has 1 fully saturated rings. The van der Waals surface area contributed by atoms with Crippen molar-refractivity contribution in [3.8, 4) is 0 Å². The van der Waals surface area contributed by atoms with Crippen LogP contribution in [-0.4, -0.2) is 11.7 Å². The number of benzene rings is 1. The summed E-state index contributed by atoms with van der Waals surface area (Å²) in [6, 6.07) is 8.61. The van der Waals surface area contributed by atoms with Gasteiger partial charge in [0, 0.05) is 6.61 Å². The van der Waals surface area contributed by atoms with Crippen LogP contribution in [0.3, 0.4) is 0 Å². The Morgan fingerprint density at radius 2 is 1.93 bits per heavy atom. The highest BCUT2D eigenvalue weighted by Gasteiger charge is 2.28. The highest BCUT2D eigenvalue weighted by Crippen LogP contribution is 2.35. The molecular formula is C13H18O. The summed E-state index contributed by atoms with van der Waals surface area (Å²) in [6.07, 6.45) is 3.62. The van der Waals surface area contributed by atoms with Crippen molar-refractivity contribution in [2.75, 3.05) is 6.61 Å². The highest BCUT2D eigenvalue weighted by atomic mass is 16.3. The van der Waals surface area contributed by atoms with Gasteiger partial charge in [0.2, 0.25) is 0 Å². The Bertz CT molecular complexity index is 300. The molecule has 0 spiro atoms. The molecule has 14 heavy (non-hydrogen) atoms. The van der Waals surface area contributed by atoms with Gasteiger partial charge in [-0.2, -0.15) is 0 Å². The molecule has 1 heteroatoms. The van der Waals surface area contributed by atoms with Crippen molar-refractivity contribution in [1.29, 1.82) is 0 Å². The van der Waals surface area contributed by atoms with E-state index in [2.05, 4.69) is 31.2 Å². The lowest BCUT2D eigenvalue weighted by molar-refractivity contribution is 0.107. The Kier molecular flexibility index (Phi) is 2.87. The Hall–Kier alpha value is -0.820. The topological polar surface area (TPSA) is 20.2 Å². The zero-order valence-electron chi connectivity index (χ0n) is 8.74. The van der Waals surface area contributed by atoms with Crippen molar-refractivity contribution in [3.63, 3.8) is 0 Å². The molecule has 1 aliphatic carbocycles. The van der Waals surface area contributed by atoms with Crippen LogP contribution in [0.5, 0.6) is 0 Å². The lowest BCUT2D eigenvalue weighted by Gasteiger charge is -2.34. The van der Waals surface area contributed by atoms with Gasteiger partial charge in [0.15, 0.2) is 0 Å². The molecule has 0 aromatic heterocycles. The quantitative estimate of drug-likeness (QED) is 0.776. The highest BCUT2D eigenvalue weighted by molar-refractivity contribution is 5.26. The monoisotopic (exact) mass is 190 g/mol. The Labute approximate surface area is 85.8 Å². The van der Waals surface area contributed by atoms with Crippen LogP contribution in [0.1, 0.15) is 24.0 Å². The Morgan fingerprint density at radius 1 is 1.21 bits per heavy atom. The fourth-order valence-electron chi connectivity index (χ4n) is 2.34. The van der Waals surface area contributed by atoms with E-state index in [0.29, 0.717) is 12.5 Å². The fourth-order valence-corrected chi connectivity index (χ4v) is 2.34. The van der Waals surface area contributed by atoms with Crippen molar-refractivity contribution < 1.29 is 5.11 Å². The molecule has 1 aromatic rings. The van der Waals surface area contributed by atoms with Gasteiger partial charge in [0.05, 0.1) is 0 Å². The van der Waals surface area contributed by atoms with E-state index in [4.69, 9.17) is 5.11 Å². The second-order valence-electron chi connectivity index (χ2n) is 4.52. The summed E-state index contributed by atoms with van der Waals surface area (Å²) in [5.74, 6) is 1.40. The van der Waals surface area contributed by atoms with Gasteiger partial charge in [-0.3, -0.25) is 0 Å². The van der Waals surface area contributed by atoms with Crippen molar-refractivity contribution in [3.05, 3.63) is 35.4 Å². The van der Waals surface area contributed by atoms with E-state index in [0.717, 1.165) is 5.92 Å². The van der Waals surface area contributed by atoms with E-state index in [1.54, 1.807) is 0 Å². The number of aryl methyl sites for hydroxylation is 1. The van der Waals surface area contributed by atoms with Crippen molar-refractivity contribution in [2.24, 2.45) is 11.8 Å². The first-order valence-electron chi connectivity index (χ1n) is 5.45. The standard InChI is InChI=1S/C13H18O/c1-10-4-2-3-5-13(10)8-11-6-12(7-11)9-14/h2-5,11-12,14H,6-9H2,1H3. The summed E-state index contributed by atoms with van der Waals surface area (Å²) in [4.78, 5) is 0. The molecule has 76 valence electrons. The maximum atomic E-state index is 8.92. The van der Waals surface area contributed by atoms with Gasteiger partial charge in [-0.15, -0.1) is 0 Å². The van der Waals surface area contributed by atoms with Crippen LogP contribution >= 0.6 is 0 Å². The molecule has 1 aromatic carbocycles. The number of hydrogen-bond donors (Lipinski definition) is 1. The molecule has 2 rings (SSSR count). The summed E-state index contributed by atoms with van der Waals surface area (Å²) < 4.78 is 0. The predicted molar refractivity (Wildman–Crippen MR) is 58.2 cm³/mol. The molecule has 1 aliphatic rings. The average Bonchev–Trinajstić information content (AvgIpc) is 2.13. The van der Waals surface area contributed by atoms with Gasteiger partial charge in [-0.25, -0.2) is 0 Å². The minimum absolute atomic E-state index is 0.379. The first kappa shape index (κ1) is 9.72. The van der Waals surface area contributed by atoms with E-state index in [-0.39, 0.29) is 0 Å². The first-order valence-corrected chi connectivity index (χ1v) is 5.45. The summed E-state index contributed by atoms with van der Waals surface area (Å²) in [5.41, 5.74) is 2.88. The molecule has 0 heterocycles. The van der Waals surface area contributed by atoms with Crippen molar-refractivity contribution >= 4 is 0 Å². The van der Waals surface area contributed by atoms with Crippen LogP contribution in [-0.2, 0) is 6.42 Å². The number of hydrogen-bond acceptors (Lipinski definition) is 1. The Morgan fingerprint density at radius 3 is 2.57 bits per heavy atom. The maximum absolute atomic E-state index is 8.92. The van der Waals surface area contributed by atoms with Gasteiger partial charge in [-0.05, 0) is 49.1 Å². The third-order valence-corrected chi connectivity index (χ3v) is 3.36. The SMILES string of the molecule is Cc1ccccc1CC1CC(CO)C1. The Balaban J connectivity index is 1.90. The van der Waals surface area contributed by atoms with Crippen molar-refractivity contribution in [1.82, 2.24) is 0 Å². The molecule has 0 aliphatic heterocycles. The molecule has 0 unspecified atom stereocenters. The number of rotatable bonds is 3. The third-order valence-electron chi connectivity index (χ3n) is 3.36.